The van der Waals surface area contributed by atoms with E-state index < -0.39 is 0 Å². The van der Waals surface area contributed by atoms with Gasteiger partial charge in [-0.3, -0.25) is 9.69 Å². The molecule has 2 aromatic carbocycles. The van der Waals surface area contributed by atoms with Gasteiger partial charge in [0.25, 0.3) is 5.91 Å². The number of benzene rings is 2. The van der Waals surface area contributed by atoms with Gasteiger partial charge in [-0.2, -0.15) is 0 Å². The average Bonchev–Trinajstić information content (AvgIpc) is 2.82. The lowest BCUT2D eigenvalue weighted by Gasteiger charge is -2.31. The Hall–Kier alpha value is -3.32. The molecule has 1 aromatic heterocycles. The second-order valence-electron chi connectivity index (χ2n) is 8.55. The van der Waals surface area contributed by atoms with Crippen molar-refractivity contribution in [3.05, 3.63) is 82.7 Å². The Bertz CT molecular complexity index is 1130. The molecule has 1 aliphatic rings. The van der Waals surface area contributed by atoms with Crippen LogP contribution in [0.4, 0.5) is 10.1 Å². The predicted octanol–water partition coefficient (Wildman–Crippen LogP) is 4.87. The lowest BCUT2D eigenvalue weighted by atomic mass is 9.95. The zero-order chi connectivity index (χ0) is 23.4. The highest BCUT2D eigenvalue weighted by molar-refractivity contribution is 6.04. The third-order valence-electron chi connectivity index (χ3n) is 6.13. The van der Waals surface area contributed by atoms with Gasteiger partial charge in [0.15, 0.2) is 0 Å². The van der Waals surface area contributed by atoms with Crippen LogP contribution in [0.25, 0.3) is 0 Å². The summed E-state index contributed by atoms with van der Waals surface area (Å²) in [5.74, 6) is 1.35. The lowest BCUT2D eigenvalue weighted by Crippen LogP contribution is -2.33. The van der Waals surface area contributed by atoms with Crippen LogP contribution in [0.3, 0.4) is 0 Å². The van der Waals surface area contributed by atoms with Crippen LogP contribution in [0.5, 0.6) is 5.75 Å². The Kier molecular flexibility index (Phi) is 6.99. The third-order valence-corrected chi connectivity index (χ3v) is 6.13. The standard InChI is InChI=1S/C26H29FN4O2/c1-17-4-5-20(24(14-17)33-3)16-31-12-10-19(11-13-31)25-28-15-23(18(2)29-25)26(32)30-22-8-6-21(27)7-9-22/h4-9,14-15,19H,10-13,16H2,1-3H3,(H,30,32). The molecule has 6 nitrogen and oxygen atoms in total. The number of hydrogen-bond acceptors (Lipinski definition) is 5. The molecule has 1 fully saturated rings. The smallest absolute Gasteiger partial charge is 0.259 e. The largest absolute Gasteiger partial charge is 0.496 e. The molecule has 3 aromatic rings. The van der Waals surface area contributed by atoms with E-state index in [0.29, 0.717) is 16.9 Å². The van der Waals surface area contributed by atoms with Gasteiger partial charge in [-0.15, -0.1) is 0 Å². The maximum absolute atomic E-state index is 13.1. The molecule has 0 radical (unpaired) electrons. The van der Waals surface area contributed by atoms with E-state index in [-0.39, 0.29) is 17.6 Å². The van der Waals surface area contributed by atoms with Crippen molar-refractivity contribution in [2.45, 2.75) is 39.2 Å². The van der Waals surface area contributed by atoms with Crippen LogP contribution in [0.15, 0.2) is 48.7 Å². The fourth-order valence-corrected chi connectivity index (χ4v) is 4.21. The number of likely N-dealkylation sites (tertiary alicyclic amines) is 1. The molecular weight excluding hydrogens is 419 g/mol. The third kappa shape index (κ3) is 5.54. The second-order valence-corrected chi connectivity index (χ2v) is 8.55. The first-order valence-electron chi connectivity index (χ1n) is 11.2. The maximum Gasteiger partial charge on any atom is 0.259 e. The molecule has 0 saturated carbocycles. The van der Waals surface area contributed by atoms with E-state index in [4.69, 9.17) is 4.74 Å². The number of piperidine rings is 1. The molecule has 1 amide bonds. The van der Waals surface area contributed by atoms with Crippen molar-refractivity contribution < 1.29 is 13.9 Å². The van der Waals surface area contributed by atoms with E-state index in [1.807, 2.05) is 6.92 Å². The summed E-state index contributed by atoms with van der Waals surface area (Å²) in [6.45, 7) is 6.66. The van der Waals surface area contributed by atoms with E-state index in [1.54, 1.807) is 13.3 Å². The number of ether oxygens (including phenoxy) is 1. The van der Waals surface area contributed by atoms with Crippen molar-refractivity contribution in [1.29, 1.82) is 0 Å². The Morgan fingerprint density at radius 2 is 1.88 bits per heavy atom. The number of nitrogens with zero attached hydrogens (tertiary/aromatic N) is 3. The van der Waals surface area contributed by atoms with Gasteiger partial charge in [-0.25, -0.2) is 14.4 Å². The fraction of sp³-hybridized carbons (Fsp3) is 0.346. The van der Waals surface area contributed by atoms with Gasteiger partial charge in [0, 0.05) is 29.9 Å². The van der Waals surface area contributed by atoms with Gasteiger partial charge in [0.2, 0.25) is 0 Å². The molecule has 0 spiro atoms. The number of carbonyl (C=O) groups is 1. The Labute approximate surface area is 193 Å². The van der Waals surface area contributed by atoms with E-state index in [2.05, 4.69) is 45.3 Å². The maximum atomic E-state index is 13.1. The summed E-state index contributed by atoms with van der Waals surface area (Å²) < 4.78 is 18.6. The van der Waals surface area contributed by atoms with Crippen molar-refractivity contribution in [2.24, 2.45) is 0 Å². The monoisotopic (exact) mass is 448 g/mol. The molecule has 172 valence electrons. The minimum absolute atomic E-state index is 0.272. The number of rotatable bonds is 6. The number of aryl methyl sites for hydroxylation is 2. The summed E-state index contributed by atoms with van der Waals surface area (Å²) in [6.07, 6.45) is 3.53. The summed E-state index contributed by atoms with van der Waals surface area (Å²) in [5, 5.41) is 2.76. The lowest BCUT2D eigenvalue weighted by molar-refractivity contribution is 0.102. The summed E-state index contributed by atoms with van der Waals surface area (Å²) in [5.41, 5.74) is 3.99. The highest BCUT2D eigenvalue weighted by Gasteiger charge is 2.24. The average molecular weight is 449 g/mol. The van der Waals surface area contributed by atoms with Crippen LogP contribution in [0.1, 0.15) is 51.8 Å². The van der Waals surface area contributed by atoms with Gasteiger partial charge in [-0.1, -0.05) is 12.1 Å². The minimum Gasteiger partial charge on any atom is -0.496 e. The van der Waals surface area contributed by atoms with E-state index in [1.165, 1.54) is 35.4 Å². The normalized spacial score (nSPS) is 14.8. The summed E-state index contributed by atoms with van der Waals surface area (Å²) in [6, 6.07) is 12.0. The van der Waals surface area contributed by atoms with Crippen LogP contribution in [-0.4, -0.2) is 41.0 Å². The van der Waals surface area contributed by atoms with Crippen molar-refractivity contribution in [3.8, 4) is 5.75 Å². The zero-order valence-corrected chi connectivity index (χ0v) is 19.3. The van der Waals surface area contributed by atoms with E-state index in [0.717, 1.165) is 44.0 Å². The summed E-state index contributed by atoms with van der Waals surface area (Å²) in [4.78, 5) is 24.2. The highest BCUT2D eigenvalue weighted by atomic mass is 19.1. The minimum atomic E-state index is -0.346. The van der Waals surface area contributed by atoms with E-state index in [9.17, 15) is 9.18 Å². The molecule has 2 heterocycles. The van der Waals surface area contributed by atoms with Gasteiger partial charge in [-0.05, 0) is 75.7 Å². The number of nitrogens with one attached hydrogen (secondary N) is 1. The Balaban J connectivity index is 1.36. The summed E-state index contributed by atoms with van der Waals surface area (Å²) in [7, 11) is 1.72. The van der Waals surface area contributed by atoms with Crippen molar-refractivity contribution in [3.63, 3.8) is 0 Å². The van der Waals surface area contributed by atoms with E-state index >= 15 is 0 Å². The van der Waals surface area contributed by atoms with Gasteiger partial charge < -0.3 is 10.1 Å². The second kappa shape index (κ2) is 10.1. The number of methoxy groups -OCH3 is 1. The van der Waals surface area contributed by atoms with Crippen LogP contribution >= 0.6 is 0 Å². The fourth-order valence-electron chi connectivity index (χ4n) is 4.21. The predicted molar refractivity (Wildman–Crippen MR) is 126 cm³/mol. The van der Waals surface area contributed by atoms with Crippen molar-refractivity contribution >= 4 is 11.6 Å². The molecule has 7 heteroatoms. The molecule has 33 heavy (non-hydrogen) atoms. The van der Waals surface area contributed by atoms with Crippen LogP contribution in [0, 0.1) is 19.7 Å². The first-order valence-corrected chi connectivity index (χ1v) is 11.2. The van der Waals surface area contributed by atoms with Crippen LogP contribution < -0.4 is 10.1 Å². The van der Waals surface area contributed by atoms with Crippen molar-refractivity contribution in [2.75, 3.05) is 25.5 Å². The number of carbonyl (C=O) groups excluding carboxylic acids is 1. The quantitative estimate of drug-likeness (QED) is 0.583. The first kappa shape index (κ1) is 22.9. The molecule has 0 bridgehead atoms. The first-order chi connectivity index (χ1) is 15.9. The SMILES string of the molecule is COc1cc(C)ccc1CN1CCC(c2ncc(C(=O)Nc3ccc(F)cc3)c(C)n2)CC1. The van der Waals surface area contributed by atoms with Gasteiger partial charge >= 0.3 is 0 Å². The number of anilines is 1. The van der Waals surface area contributed by atoms with Crippen molar-refractivity contribution in [1.82, 2.24) is 14.9 Å². The molecule has 0 aliphatic carbocycles. The Morgan fingerprint density at radius 3 is 2.55 bits per heavy atom. The molecule has 0 unspecified atom stereocenters. The molecule has 4 rings (SSSR count). The number of halogens is 1. The highest BCUT2D eigenvalue weighted by Crippen LogP contribution is 2.29. The van der Waals surface area contributed by atoms with Crippen LogP contribution in [0.2, 0.25) is 0 Å². The topological polar surface area (TPSA) is 67.3 Å². The van der Waals surface area contributed by atoms with Gasteiger partial charge in [0.05, 0.1) is 18.4 Å². The zero-order valence-electron chi connectivity index (χ0n) is 19.3. The van der Waals surface area contributed by atoms with Crippen LogP contribution in [-0.2, 0) is 6.54 Å². The van der Waals surface area contributed by atoms with Gasteiger partial charge in [0.1, 0.15) is 17.4 Å². The number of aromatic nitrogens is 2. The number of amides is 1. The molecular formula is C26H29FN4O2. The molecule has 1 saturated heterocycles. The molecule has 0 atom stereocenters. The Morgan fingerprint density at radius 1 is 1.15 bits per heavy atom. The summed E-state index contributed by atoms with van der Waals surface area (Å²) >= 11 is 0. The molecule has 1 aliphatic heterocycles. The number of hydrogen-bond donors (Lipinski definition) is 1. The molecule has 1 N–H and O–H groups in total.